The normalized spacial score (nSPS) is 22.4. The van der Waals surface area contributed by atoms with E-state index in [9.17, 15) is 51.4 Å². The quantitative estimate of drug-likeness (QED) is 0.00802. The average Bonchev–Trinajstić information content (AvgIpc) is 0.926. The van der Waals surface area contributed by atoms with Gasteiger partial charge in [-0.2, -0.15) is 0 Å². The summed E-state index contributed by atoms with van der Waals surface area (Å²) in [5.74, 6) is -1.19. The van der Waals surface area contributed by atoms with Gasteiger partial charge >= 0.3 is 29.8 Å². The number of β-amino-alcohol motifs (C(OH)–C–C–N with tert-alkyl or cyclic N) is 1. The summed E-state index contributed by atoms with van der Waals surface area (Å²) in [6.07, 6.45) is -0.763. The molecule has 4 fully saturated rings. The van der Waals surface area contributed by atoms with Gasteiger partial charge in [0.05, 0.1) is 72.0 Å². The molecule has 3 saturated heterocycles. The van der Waals surface area contributed by atoms with E-state index in [2.05, 4.69) is 47.0 Å². The van der Waals surface area contributed by atoms with Gasteiger partial charge in [0.1, 0.15) is 71.8 Å². The summed E-state index contributed by atoms with van der Waals surface area (Å²) >= 11 is -1.91. The molecular formula is C89H115FIN4O25-. The molecule has 4 aliphatic rings. The topological polar surface area (TPSA) is 376 Å². The van der Waals surface area contributed by atoms with Gasteiger partial charge in [0.15, 0.2) is 12.6 Å². The molecule has 0 bridgehead atoms. The molecule has 29 nitrogen and oxygen atoms in total. The van der Waals surface area contributed by atoms with Crippen molar-refractivity contribution in [2.75, 3.05) is 74.6 Å². The molecule has 6 aromatic carbocycles. The van der Waals surface area contributed by atoms with Gasteiger partial charge in [-0.25, -0.2) is 2.86 Å². The van der Waals surface area contributed by atoms with Crippen LogP contribution >= 0.6 is 21.6 Å². The number of benzene rings is 6. The molecular weight excluding hydrogens is 1670 g/mol. The average molecular weight is 1790 g/mol. The van der Waals surface area contributed by atoms with Gasteiger partial charge in [0.2, 0.25) is 17.7 Å². The molecule has 4 unspecified atom stereocenters. The number of likely N-dealkylation sites (tertiary alicyclic amines) is 1. The second-order valence-corrected chi connectivity index (χ2v) is 30.0. The Morgan fingerprint density at radius 2 is 0.842 bits per heavy atom. The van der Waals surface area contributed by atoms with E-state index < -0.39 is 130 Å². The van der Waals surface area contributed by atoms with E-state index >= 15 is 0 Å². The van der Waals surface area contributed by atoms with Gasteiger partial charge in [-0.15, -0.1) is 0 Å². The number of aliphatic hydroxyl groups excluding tert-OH is 2. The molecule has 3 amide bonds. The zero-order valence-electron chi connectivity index (χ0n) is 70.1. The van der Waals surface area contributed by atoms with Gasteiger partial charge < -0.3 is 101 Å². The number of aliphatic carboxylic acids is 1. The molecule has 10 rings (SSSR count). The lowest BCUT2D eigenvalue weighted by atomic mass is 9.80. The lowest BCUT2D eigenvalue weighted by Gasteiger charge is -2.44. The number of esters is 4. The van der Waals surface area contributed by atoms with Crippen molar-refractivity contribution in [1.82, 2.24) is 15.5 Å². The number of nitrogens with zero attached hydrogens (tertiary/aromatic N) is 2. The first kappa shape index (κ1) is 97.5. The molecule has 0 aromatic heterocycles. The maximum atomic E-state index is 13.8. The van der Waals surface area contributed by atoms with Gasteiger partial charge in [-0.3, -0.25) is 38.4 Å². The van der Waals surface area contributed by atoms with Gasteiger partial charge in [-0.05, 0) is 161 Å². The Morgan fingerprint density at radius 3 is 1.17 bits per heavy atom. The van der Waals surface area contributed by atoms with Crippen molar-refractivity contribution in [1.29, 1.82) is 0 Å². The first-order valence-electron chi connectivity index (χ1n) is 40.0. The molecule has 6 aromatic rings. The van der Waals surface area contributed by atoms with Crippen LogP contribution in [0.15, 0.2) is 158 Å². The van der Waals surface area contributed by atoms with Crippen molar-refractivity contribution < 1.29 is 123 Å². The van der Waals surface area contributed by atoms with Crippen LogP contribution in [0.3, 0.4) is 0 Å². The van der Waals surface area contributed by atoms with Crippen LogP contribution in [-0.4, -0.2) is 210 Å². The number of ether oxygens (including phenoxy) is 14. The SMILES string of the molecule is CC(=O)NC1[C@H](OCCCCC(=O)O)OC(COC(C)=O)[C@H](OC(C)=O)[C@@H]1C.COc1ccc(C(OC[C@@H]2C[C@@H](O)CN2C(=O)CCCCO[C@@H]2OC(COC(C)=O)[C@H](OC(C)=O)[C@H](C)C2NC(C)=O)(c2ccccc2)c2ccc(OC)cc2)cc1.COc1ccc(C(OC[C@H]2CC[C@H](O)C2)(c2ccccc2)c2ccc(OC)cc2)cc1.[N-]=IF. The van der Waals surface area contributed by atoms with Crippen LogP contribution in [0.2, 0.25) is 0 Å². The van der Waals surface area contributed by atoms with Crippen molar-refractivity contribution in [3.63, 3.8) is 0 Å². The third-order valence-electron chi connectivity index (χ3n) is 21.1. The molecule has 1 aliphatic carbocycles. The van der Waals surface area contributed by atoms with E-state index in [1.165, 1.54) is 41.5 Å². The number of carboxylic acid groups (broad SMARTS) is 1. The zero-order chi connectivity index (χ0) is 87.5. The highest BCUT2D eigenvalue weighted by atomic mass is 127. The summed E-state index contributed by atoms with van der Waals surface area (Å²) < 4.78 is 97.5. The fraction of sp³-hybridized carbons (Fsp3) is 0.506. The lowest BCUT2D eigenvalue weighted by molar-refractivity contribution is -0.262. The van der Waals surface area contributed by atoms with E-state index in [0.29, 0.717) is 56.1 Å². The molecule has 5 N–H and O–H groups in total. The number of carboxylic acids is 1. The number of carbonyl (C=O) groups excluding carboxylic acids is 7. The Hall–Kier alpha value is -9.58. The summed E-state index contributed by atoms with van der Waals surface area (Å²) in [5.41, 5.74) is 3.86. The molecule has 120 heavy (non-hydrogen) atoms. The van der Waals surface area contributed by atoms with Crippen molar-refractivity contribution in [2.24, 2.45) is 17.8 Å². The van der Waals surface area contributed by atoms with Crippen LogP contribution in [0.25, 0.3) is 3.56 Å². The van der Waals surface area contributed by atoms with Crippen LogP contribution < -0.4 is 29.6 Å². The smallest absolute Gasteiger partial charge is 0.303 e. The fourth-order valence-electron chi connectivity index (χ4n) is 15.3. The van der Waals surface area contributed by atoms with Crippen LogP contribution in [0, 0.1) is 17.8 Å². The van der Waals surface area contributed by atoms with Crippen LogP contribution in [0.5, 0.6) is 23.0 Å². The highest BCUT2D eigenvalue weighted by Crippen LogP contribution is 2.45. The Labute approximate surface area is 711 Å². The number of rotatable bonds is 36. The summed E-state index contributed by atoms with van der Waals surface area (Å²) in [6, 6.07) is 50.2. The number of hydrogen-bond acceptors (Lipinski definition) is 24. The van der Waals surface area contributed by atoms with Gasteiger partial charge in [0.25, 0.3) is 0 Å². The van der Waals surface area contributed by atoms with Crippen LogP contribution in [0.4, 0.5) is 2.86 Å². The third-order valence-corrected chi connectivity index (χ3v) is 21.1. The second kappa shape index (κ2) is 49.4. The van der Waals surface area contributed by atoms with Crippen molar-refractivity contribution in [2.45, 2.75) is 198 Å². The maximum absolute atomic E-state index is 13.8. The Morgan fingerprint density at radius 1 is 0.483 bits per heavy atom. The van der Waals surface area contributed by atoms with E-state index in [1.807, 2.05) is 121 Å². The van der Waals surface area contributed by atoms with Crippen molar-refractivity contribution >= 4 is 69.2 Å². The largest absolute Gasteiger partial charge is 0.746 e. The first-order valence-corrected chi connectivity index (χ1v) is 41.8. The monoisotopic (exact) mass is 1790 g/mol. The predicted molar refractivity (Wildman–Crippen MR) is 447 cm³/mol. The molecule has 31 heteroatoms. The lowest BCUT2D eigenvalue weighted by Crippen LogP contribution is -2.62. The number of halogens is 2. The van der Waals surface area contributed by atoms with E-state index in [0.717, 1.165) is 64.1 Å². The number of unbranched alkanes of at least 4 members (excludes halogenated alkanes) is 2. The summed E-state index contributed by atoms with van der Waals surface area (Å²) in [6.45, 7) is 12.4. The summed E-state index contributed by atoms with van der Waals surface area (Å²) in [5, 5.41) is 35.1. The minimum absolute atomic E-state index is 0.0318. The molecule has 14 atom stereocenters. The number of hydrogen-bond donors (Lipinski definition) is 5. The number of methoxy groups -OCH3 is 4. The molecule has 3 aliphatic heterocycles. The van der Waals surface area contributed by atoms with Crippen LogP contribution in [0.1, 0.15) is 153 Å². The fourth-order valence-corrected chi connectivity index (χ4v) is 15.3. The molecule has 0 spiro atoms. The standard InChI is InChI=1S/C44H56N2O12.C27H30O4.C18H29NO9.FIN/c1-28-41(45-29(2)47)43(58-39(27-55-30(3)48)42(28)57-31(4)49)54-23-11-10-14-40(51)46-25-36(50)24-35(46)26-56-44(32-12-8-7-9-13-32,33-15-19-37(52-5)20-16-33)34-17-21-38(53-6)22-18-34;1-29-25-14-9-22(10-15-25)27(21-6-4-3-5-7-21,23-11-16-26(30-2)17-12-23)31-19-20-8-13-24(28)18-20;1-10-16(19-11(2)20)18(25-8-6-5-7-15(23)24)28-14(9-26-12(3)21)17(10)27-13(4)22;1-2-3/h7-9,12-13,15-22,28,35-36,39,41-43,50H,10-11,14,23-27H2,1-6H3,(H,45,47);3-7,9-12,14-17,20,24,28H,8,13,18-19H2,1-2H3;10,14,16-18H,5-9H2,1-4H3,(H,19,20)(H,23,24);/q;;;-1/t28-,35+,36-,39?,41?,42-,43-;20-,24-;10-,14?,16?,17-,18-;/m101./s1. The number of nitrogens with one attached hydrogen (secondary N) is 2. The van der Waals surface area contributed by atoms with Gasteiger partial charge in [0, 0.05) is 86.0 Å². The van der Waals surface area contributed by atoms with Crippen molar-refractivity contribution in [3.8, 4) is 23.0 Å². The maximum Gasteiger partial charge on any atom is 0.303 e. The first-order chi connectivity index (χ1) is 57.5. The van der Waals surface area contributed by atoms with E-state index in [-0.39, 0.29) is 82.2 Å². The summed E-state index contributed by atoms with van der Waals surface area (Å²) in [7, 11) is 6.58. The molecule has 1 saturated carbocycles. The molecule has 656 valence electrons. The number of amides is 3. The second-order valence-electron chi connectivity index (χ2n) is 29.7. The highest BCUT2D eigenvalue weighted by molar-refractivity contribution is 14.1. The Balaban J connectivity index is 0.000000268. The molecule has 3 heterocycles. The zero-order valence-corrected chi connectivity index (χ0v) is 72.2. The summed E-state index contributed by atoms with van der Waals surface area (Å²) in [4.78, 5) is 96.0. The predicted octanol–water partition coefficient (Wildman–Crippen LogP) is 11.9. The minimum atomic E-state index is -1.91. The Kier molecular flexibility index (Phi) is 40.1. The minimum Gasteiger partial charge on any atom is -0.746 e. The van der Waals surface area contributed by atoms with Gasteiger partial charge in [-0.1, -0.05) is 123 Å². The molecule has 0 radical (unpaired) electrons. The highest BCUT2D eigenvalue weighted by Gasteiger charge is 2.50. The number of carbonyl (C=O) groups is 8. The third kappa shape index (κ3) is 28.5. The number of aliphatic hydroxyl groups is 2. The Bertz CT molecular complexity index is 4080. The van der Waals surface area contributed by atoms with Crippen LogP contribution in [-0.2, 0) is 96.9 Å². The van der Waals surface area contributed by atoms with E-state index in [4.69, 9.17) is 75.0 Å². The van der Waals surface area contributed by atoms with Crippen molar-refractivity contribution in [3.05, 3.63) is 195 Å². The van der Waals surface area contributed by atoms with E-state index in [1.54, 1.807) is 47.2 Å².